The van der Waals surface area contributed by atoms with Crippen LogP contribution in [0.3, 0.4) is 0 Å². The van der Waals surface area contributed by atoms with Crippen molar-refractivity contribution in [1.29, 1.82) is 0 Å². The molecule has 0 spiro atoms. The third-order valence-corrected chi connectivity index (χ3v) is 6.53. The van der Waals surface area contributed by atoms with Crippen molar-refractivity contribution in [2.24, 2.45) is 10.1 Å². The normalized spacial score (nSPS) is 13.9. The fourth-order valence-electron chi connectivity index (χ4n) is 3.84. The molecule has 1 aliphatic heterocycles. The molecule has 0 radical (unpaired) electrons. The molecule has 0 fully saturated rings. The molecule has 4 aromatic rings. The summed E-state index contributed by atoms with van der Waals surface area (Å²) in [6.45, 7) is 5.93. The summed E-state index contributed by atoms with van der Waals surface area (Å²) >= 11 is 1.47. The Hall–Kier alpha value is -4.17. The molecular formula is C27H24N4O3S. The van der Waals surface area contributed by atoms with E-state index >= 15 is 0 Å². The molecule has 0 saturated carbocycles. The molecule has 0 saturated heterocycles. The number of benzene rings is 3. The van der Waals surface area contributed by atoms with E-state index in [1.807, 2.05) is 62.5 Å². The van der Waals surface area contributed by atoms with Crippen LogP contribution in [0.5, 0.6) is 11.5 Å². The topological polar surface area (TPSA) is 88.2 Å². The predicted octanol–water partition coefficient (Wildman–Crippen LogP) is 5.37. The maximum Gasteiger partial charge on any atom is 0.262 e. The molecule has 7 nitrogen and oxygen atoms in total. The van der Waals surface area contributed by atoms with Gasteiger partial charge < -0.3 is 15.2 Å². The van der Waals surface area contributed by atoms with Gasteiger partial charge in [-0.25, -0.2) is 9.67 Å². The van der Waals surface area contributed by atoms with E-state index < -0.39 is 0 Å². The van der Waals surface area contributed by atoms with Crippen LogP contribution in [0.15, 0.2) is 76.1 Å². The first-order valence-electron chi connectivity index (χ1n) is 11.1. The molecule has 0 atom stereocenters. The average molecular weight is 485 g/mol. The SMILES string of the molecule is CC(=Nn1c(-c2ccc3c(c2)NC(=O)CO3)csc1=Nc1cc(C)ccc1C)c1ccccc1O. The second kappa shape index (κ2) is 9.23. The number of hydrogen-bond donors (Lipinski definition) is 2. The second-order valence-electron chi connectivity index (χ2n) is 8.37. The highest BCUT2D eigenvalue weighted by Gasteiger charge is 2.18. The van der Waals surface area contributed by atoms with Crippen LogP contribution in [-0.4, -0.2) is 28.0 Å². The first kappa shape index (κ1) is 22.6. The van der Waals surface area contributed by atoms with E-state index in [0.29, 0.717) is 27.5 Å². The maximum absolute atomic E-state index is 11.8. The Balaban J connectivity index is 1.70. The standard InChI is InChI=1S/C27H24N4O3S/c1-16-8-9-17(2)21(12-16)29-27-31(30-18(3)20-6-4-5-7-24(20)32)23(15-35-27)19-10-11-25-22(13-19)28-26(33)14-34-25/h4-13,15,32H,14H2,1-3H3,(H,28,33). The van der Waals surface area contributed by atoms with E-state index in [0.717, 1.165) is 28.1 Å². The molecule has 2 heterocycles. The van der Waals surface area contributed by atoms with Gasteiger partial charge in [0.15, 0.2) is 6.61 Å². The third kappa shape index (κ3) is 4.61. The van der Waals surface area contributed by atoms with Crippen molar-refractivity contribution < 1.29 is 14.6 Å². The van der Waals surface area contributed by atoms with Gasteiger partial charge in [-0.1, -0.05) is 24.3 Å². The van der Waals surface area contributed by atoms with Gasteiger partial charge in [-0.3, -0.25) is 4.79 Å². The molecule has 1 amide bonds. The van der Waals surface area contributed by atoms with Crippen molar-refractivity contribution in [3.05, 3.63) is 87.5 Å². The van der Waals surface area contributed by atoms with Crippen LogP contribution in [0.25, 0.3) is 11.3 Å². The summed E-state index contributed by atoms with van der Waals surface area (Å²) in [4.78, 5) is 17.5. The number of fused-ring (bicyclic) bond motifs is 1. The number of aryl methyl sites for hydroxylation is 2. The van der Waals surface area contributed by atoms with E-state index in [1.165, 1.54) is 11.3 Å². The molecule has 8 heteroatoms. The molecule has 35 heavy (non-hydrogen) atoms. The largest absolute Gasteiger partial charge is 0.507 e. The van der Waals surface area contributed by atoms with Crippen LogP contribution in [0, 0.1) is 13.8 Å². The Bertz CT molecular complexity index is 1550. The summed E-state index contributed by atoms with van der Waals surface area (Å²) in [6, 6.07) is 18.9. The molecule has 3 aromatic carbocycles. The second-order valence-corrected chi connectivity index (χ2v) is 9.20. The molecule has 5 rings (SSSR count). The van der Waals surface area contributed by atoms with Gasteiger partial charge in [-0.2, -0.15) is 5.10 Å². The molecule has 0 bridgehead atoms. The number of para-hydroxylation sites is 1. The number of phenolic OH excluding ortho intramolecular Hbond substituents is 1. The van der Waals surface area contributed by atoms with Gasteiger partial charge >= 0.3 is 0 Å². The van der Waals surface area contributed by atoms with Gasteiger partial charge in [0.25, 0.3) is 5.91 Å². The molecule has 0 aliphatic carbocycles. The minimum Gasteiger partial charge on any atom is -0.507 e. The zero-order chi connectivity index (χ0) is 24.5. The van der Waals surface area contributed by atoms with E-state index in [9.17, 15) is 9.90 Å². The number of ether oxygens (including phenoxy) is 1. The number of nitrogens with one attached hydrogen (secondary N) is 1. The highest BCUT2D eigenvalue weighted by atomic mass is 32.1. The third-order valence-electron chi connectivity index (χ3n) is 5.72. The highest BCUT2D eigenvalue weighted by Crippen LogP contribution is 2.33. The zero-order valence-electron chi connectivity index (χ0n) is 19.6. The lowest BCUT2D eigenvalue weighted by atomic mass is 10.1. The first-order valence-corrected chi connectivity index (χ1v) is 12.0. The molecule has 2 N–H and O–H groups in total. The van der Waals surface area contributed by atoms with Gasteiger partial charge in [-0.05, 0) is 68.3 Å². The van der Waals surface area contributed by atoms with Gasteiger partial charge in [0.1, 0.15) is 11.5 Å². The van der Waals surface area contributed by atoms with Crippen molar-refractivity contribution in [3.8, 4) is 22.8 Å². The van der Waals surface area contributed by atoms with Crippen LogP contribution in [-0.2, 0) is 4.79 Å². The monoisotopic (exact) mass is 484 g/mol. The van der Waals surface area contributed by atoms with Crippen molar-refractivity contribution in [1.82, 2.24) is 4.68 Å². The number of carbonyl (C=O) groups is 1. The summed E-state index contributed by atoms with van der Waals surface area (Å²) < 4.78 is 7.29. The number of phenols is 1. The van der Waals surface area contributed by atoms with Crippen molar-refractivity contribution in [3.63, 3.8) is 0 Å². The maximum atomic E-state index is 11.8. The predicted molar refractivity (Wildman–Crippen MR) is 139 cm³/mol. The van der Waals surface area contributed by atoms with E-state index in [1.54, 1.807) is 16.8 Å². The number of anilines is 1. The van der Waals surface area contributed by atoms with Crippen LogP contribution >= 0.6 is 11.3 Å². The summed E-state index contributed by atoms with van der Waals surface area (Å²) in [5.74, 6) is 0.601. The number of thiazole rings is 1. The van der Waals surface area contributed by atoms with Crippen LogP contribution < -0.4 is 14.9 Å². The molecule has 176 valence electrons. The quantitative estimate of drug-likeness (QED) is 0.382. The zero-order valence-corrected chi connectivity index (χ0v) is 20.4. The number of aromatic hydroxyl groups is 1. The molecule has 1 aromatic heterocycles. The summed E-state index contributed by atoms with van der Waals surface area (Å²) in [7, 11) is 0. The number of rotatable bonds is 4. The minimum absolute atomic E-state index is 0.00766. The van der Waals surface area contributed by atoms with Crippen LogP contribution in [0.4, 0.5) is 11.4 Å². The number of nitrogens with zero attached hydrogens (tertiary/aromatic N) is 3. The van der Waals surface area contributed by atoms with Gasteiger partial charge in [0.05, 0.1) is 22.8 Å². The lowest BCUT2D eigenvalue weighted by Crippen LogP contribution is -2.25. The Morgan fingerprint density at radius 1 is 1.11 bits per heavy atom. The van der Waals surface area contributed by atoms with Crippen LogP contribution in [0.2, 0.25) is 0 Å². The lowest BCUT2D eigenvalue weighted by molar-refractivity contribution is -0.118. The number of carbonyl (C=O) groups excluding carboxylic acids is 1. The fraction of sp³-hybridized carbons (Fsp3) is 0.148. The van der Waals surface area contributed by atoms with Crippen molar-refractivity contribution >= 4 is 34.3 Å². The molecule has 1 aliphatic rings. The Morgan fingerprint density at radius 3 is 2.77 bits per heavy atom. The Labute approximate surface area is 206 Å². The Morgan fingerprint density at radius 2 is 1.94 bits per heavy atom. The summed E-state index contributed by atoms with van der Waals surface area (Å²) in [6.07, 6.45) is 0. The molecular weight excluding hydrogens is 460 g/mol. The fourth-order valence-corrected chi connectivity index (χ4v) is 4.68. The average Bonchev–Trinajstić information content (AvgIpc) is 3.23. The number of aromatic nitrogens is 1. The van der Waals surface area contributed by atoms with E-state index in [-0.39, 0.29) is 18.3 Å². The van der Waals surface area contributed by atoms with Crippen LogP contribution in [0.1, 0.15) is 23.6 Å². The first-order chi connectivity index (χ1) is 16.9. The van der Waals surface area contributed by atoms with Gasteiger partial charge in [0, 0.05) is 16.5 Å². The number of amides is 1. The van der Waals surface area contributed by atoms with E-state index in [2.05, 4.69) is 17.4 Å². The Kier molecular flexibility index (Phi) is 5.96. The van der Waals surface area contributed by atoms with E-state index in [4.69, 9.17) is 14.8 Å². The van der Waals surface area contributed by atoms with Crippen molar-refractivity contribution in [2.75, 3.05) is 11.9 Å². The molecule has 0 unspecified atom stereocenters. The number of hydrogen-bond acceptors (Lipinski definition) is 6. The van der Waals surface area contributed by atoms with Crippen molar-refractivity contribution in [2.45, 2.75) is 20.8 Å². The highest BCUT2D eigenvalue weighted by molar-refractivity contribution is 7.07. The summed E-state index contributed by atoms with van der Waals surface area (Å²) in [5, 5.41) is 20.1. The lowest BCUT2D eigenvalue weighted by Gasteiger charge is -2.18. The smallest absolute Gasteiger partial charge is 0.262 e. The summed E-state index contributed by atoms with van der Waals surface area (Å²) in [5.41, 5.74) is 6.60. The van der Waals surface area contributed by atoms with Gasteiger partial charge in [-0.15, -0.1) is 11.3 Å². The van der Waals surface area contributed by atoms with Gasteiger partial charge in [0.2, 0.25) is 4.80 Å². The minimum atomic E-state index is -0.188.